The molecule has 0 aromatic rings. The molecule has 0 saturated heterocycles. The Morgan fingerprint density at radius 2 is 2.17 bits per heavy atom. The first-order valence-corrected chi connectivity index (χ1v) is 4.94. The molecule has 0 aliphatic carbocycles. The molecule has 0 amide bonds. The zero-order chi connectivity index (χ0) is 9.40. The van der Waals surface area contributed by atoms with Gasteiger partial charge in [0.05, 0.1) is 7.11 Å². The molecule has 0 radical (unpaired) electrons. The van der Waals surface area contributed by atoms with E-state index < -0.39 is 0 Å². The minimum absolute atomic E-state index is 0.293. The van der Waals surface area contributed by atoms with E-state index in [0.717, 1.165) is 17.3 Å². The predicted octanol–water partition coefficient (Wildman–Crippen LogP) is 3.02. The van der Waals surface area contributed by atoms with Gasteiger partial charge in [-0.05, 0) is 12.8 Å². The van der Waals surface area contributed by atoms with Gasteiger partial charge in [0.15, 0.2) is 0 Å². The van der Waals surface area contributed by atoms with E-state index in [1.54, 1.807) is 0 Å². The summed E-state index contributed by atoms with van der Waals surface area (Å²) in [6.45, 7) is 2.15. The molecule has 2 nitrogen and oxygen atoms in total. The lowest BCUT2D eigenvalue weighted by molar-refractivity contribution is -0.134. The molecule has 0 N–H and O–H groups in total. The van der Waals surface area contributed by atoms with Crippen molar-refractivity contribution in [3.63, 3.8) is 0 Å². The van der Waals surface area contributed by atoms with Crippen LogP contribution >= 0.6 is 15.9 Å². The highest BCUT2D eigenvalue weighted by molar-refractivity contribution is 9.11. The lowest BCUT2D eigenvalue weighted by Crippen LogP contribution is -1.94. The Bertz CT molecular complexity index is 164. The Kier molecular flexibility index (Phi) is 7.16. The fraction of sp³-hybridized carbons (Fsp3) is 0.667. The number of hydrogen-bond donors (Lipinski definition) is 0. The number of carbonyl (C=O) groups is 1. The second kappa shape index (κ2) is 7.35. The van der Waals surface area contributed by atoms with Gasteiger partial charge in [-0.3, -0.25) is 0 Å². The van der Waals surface area contributed by atoms with Crippen LogP contribution in [-0.2, 0) is 9.53 Å². The predicted molar refractivity (Wildman–Crippen MR) is 53.2 cm³/mol. The highest BCUT2D eigenvalue weighted by Gasteiger charge is 1.97. The van der Waals surface area contributed by atoms with Gasteiger partial charge in [-0.1, -0.05) is 35.7 Å². The molecule has 0 aliphatic heterocycles. The first kappa shape index (κ1) is 11.7. The summed E-state index contributed by atoms with van der Waals surface area (Å²) in [5, 5.41) is 0. The summed E-state index contributed by atoms with van der Waals surface area (Å²) in [6.07, 6.45) is 5.91. The molecular weight excluding hydrogens is 220 g/mol. The largest absolute Gasteiger partial charge is 0.466 e. The van der Waals surface area contributed by atoms with E-state index in [4.69, 9.17) is 0 Å². The van der Waals surface area contributed by atoms with E-state index in [9.17, 15) is 4.79 Å². The van der Waals surface area contributed by atoms with E-state index in [2.05, 4.69) is 27.6 Å². The Morgan fingerprint density at radius 3 is 2.67 bits per heavy atom. The summed E-state index contributed by atoms with van der Waals surface area (Å²) < 4.78 is 5.40. The van der Waals surface area contributed by atoms with E-state index in [1.165, 1.54) is 26.0 Å². The molecule has 0 spiro atoms. The summed E-state index contributed by atoms with van der Waals surface area (Å²) in [6, 6.07) is 0. The van der Waals surface area contributed by atoms with Crippen molar-refractivity contribution >= 4 is 21.9 Å². The van der Waals surface area contributed by atoms with Crippen molar-refractivity contribution in [3.05, 3.63) is 10.6 Å². The maximum Gasteiger partial charge on any atom is 0.331 e. The van der Waals surface area contributed by atoms with Gasteiger partial charge in [0.1, 0.15) is 0 Å². The van der Waals surface area contributed by atoms with Gasteiger partial charge < -0.3 is 4.74 Å². The van der Waals surface area contributed by atoms with Crippen molar-refractivity contribution in [1.82, 2.24) is 0 Å². The second-order valence-corrected chi connectivity index (χ2v) is 3.59. The number of carbonyl (C=O) groups excluding carboxylic acids is 1. The smallest absolute Gasteiger partial charge is 0.331 e. The third-order valence-corrected chi connectivity index (χ3v) is 2.12. The standard InChI is InChI=1S/C9H15BrO2/c1-3-4-5-6-8(10)7-9(11)12-2/h7H,3-6H2,1-2H3/b8-7-. The number of allylic oxidation sites excluding steroid dienone is 1. The number of esters is 1. The molecule has 12 heavy (non-hydrogen) atoms. The molecule has 0 atom stereocenters. The Hall–Kier alpha value is -0.310. The van der Waals surface area contributed by atoms with Crippen LogP contribution < -0.4 is 0 Å². The topological polar surface area (TPSA) is 26.3 Å². The second-order valence-electron chi connectivity index (χ2n) is 2.57. The zero-order valence-electron chi connectivity index (χ0n) is 7.60. The lowest BCUT2D eigenvalue weighted by Gasteiger charge is -1.97. The summed E-state index contributed by atoms with van der Waals surface area (Å²) in [7, 11) is 1.38. The summed E-state index contributed by atoms with van der Waals surface area (Å²) in [5.41, 5.74) is 0. The summed E-state index contributed by atoms with van der Waals surface area (Å²) in [4.78, 5) is 10.7. The molecule has 0 aromatic heterocycles. The van der Waals surface area contributed by atoms with Gasteiger partial charge in [-0.25, -0.2) is 4.79 Å². The maximum absolute atomic E-state index is 10.7. The van der Waals surface area contributed by atoms with Gasteiger partial charge in [-0.15, -0.1) is 0 Å². The first-order valence-electron chi connectivity index (χ1n) is 4.14. The fourth-order valence-corrected chi connectivity index (χ4v) is 1.27. The monoisotopic (exact) mass is 234 g/mol. The highest BCUT2D eigenvalue weighted by atomic mass is 79.9. The molecule has 0 aliphatic rings. The van der Waals surface area contributed by atoms with E-state index in [-0.39, 0.29) is 5.97 Å². The van der Waals surface area contributed by atoms with Crippen LogP contribution in [0.2, 0.25) is 0 Å². The van der Waals surface area contributed by atoms with Crippen LogP contribution in [0.3, 0.4) is 0 Å². The van der Waals surface area contributed by atoms with Crippen molar-refractivity contribution in [2.75, 3.05) is 7.11 Å². The molecule has 70 valence electrons. The summed E-state index contributed by atoms with van der Waals surface area (Å²) >= 11 is 3.31. The first-order chi connectivity index (χ1) is 5.70. The molecule has 0 aromatic carbocycles. The number of hydrogen-bond acceptors (Lipinski definition) is 2. The van der Waals surface area contributed by atoms with Gasteiger partial charge >= 0.3 is 5.97 Å². The van der Waals surface area contributed by atoms with Crippen molar-refractivity contribution in [2.45, 2.75) is 32.6 Å². The number of unbranched alkanes of at least 4 members (excludes halogenated alkanes) is 2. The van der Waals surface area contributed by atoms with Crippen LogP contribution in [0.4, 0.5) is 0 Å². The molecule has 0 fully saturated rings. The van der Waals surface area contributed by atoms with Crippen LogP contribution in [-0.4, -0.2) is 13.1 Å². The molecule has 0 bridgehead atoms. The van der Waals surface area contributed by atoms with Crippen molar-refractivity contribution in [3.8, 4) is 0 Å². The zero-order valence-corrected chi connectivity index (χ0v) is 9.19. The van der Waals surface area contributed by atoms with E-state index >= 15 is 0 Å². The van der Waals surface area contributed by atoms with Gasteiger partial charge in [0.25, 0.3) is 0 Å². The number of ether oxygens (including phenoxy) is 1. The number of methoxy groups -OCH3 is 1. The normalized spacial score (nSPS) is 11.4. The average molecular weight is 235 g/mol. The summed E-state index contributed by atoms with van der Waals surface area (Å²) in [5.74, 6) is -0.293. The molecular formula is C9H15BrO2. The SMILES string of the molecule is CCCCC/C(Br)=C/C(=O)OC. The van der Waals surface area contributed by atoms with Crippen molar-refractivity contribution in [1.29, 1.82) is 0 Å². The Labute approximate surface area is 82.1 Å². The lowest BCUT2D eigenvalue weighted by atomic mass is 10.2. The van der Waals surface area contributed by atoms with Gasteiger partial charge in [-0.2, -0.15) is 0 Å². The third kappa shape index (κ3) is 6.40. The molecule has 0 rings (SSSR count). The molecule has 0 saturated carbocycles. The molecule has 0 heterocycles. The van der Waals surface area contributed by atoms with Crippen LogP contribution in [0.5, 0.6) is 0 Å². The minimum atomic E-state index is -0.293. The van der Waals surface area contributed by atoms with Crippen LogP contribution in [0.25, 0.3) is 0 Å². The van der Waals surface area contributed by atoms with Crippen molar-refractivity contribution < 1.29 is 9.53 Å². The Morgan fingerprint density at radius 1 is 1.50 bits per heavy atom. The van der Waals surface area contributed by atoms with Crippen LogP contribution in [0.1, 0.15) is 32.6 Å². The van der Waals surface area contributed by atoms with Crippen molar-refractivity contribution in [2.24, 2.45) is 0 Å². The van der Waals surface area contributed by atoms with E-state index in [0.29, 0.717) is 0 Å². The van der Waals surface area contributed by atoms with Crippen LogP contribution in [0.15, 0.2) is 10.6 Å². The maximum atomic E-state index is 10.7. The Balaban J connectivity index is 3.62. The van der Waals surface area contributed by atoms with E-state index in [1.807, 2.05) is 0 Å². The highest BCUT2D eigenvalue weighted by Crippen LogP contribution is 2.14. The molecule has 3 heteroatoms. The number of halogens is 1. The van der Waals surface area contributed by atoms with Gasteiger partial charge in [0.2, 0.25) is 0 Å². The number of rotatable bonds is 5. The van der Waals surface area contributed by atoms with Crippen LogP contribution in [0, 0.1) is 0 Å². The fourth-order valence-electron chi connectivity index (χ4n) is 0.803. The molecule has 0 unspecified atom stereocenters. The average Bonchev–Trinajstić information content (AvgIpc) is 2.05. The quantitative estimate of drug-likeness (QED) is 0.416. The minimum Gasteiger partial charge on any atom is -0.466 e. The van der Waals surface area contributed by atoms with Gasteiger partial charge in [0, 0.05) is 10.6 Å². The third-order valence-electron chi connectivity index (χ3n) is 1.49.